The Morgan fingerprint density at radius 2 is 2.16 bits per heavy atom. The van der Waals surface area contributed by atoms with Crippen molar-refractivity contribution >= 4 is 0 Å². The zero-order chi connectivity index (χ0) is 13.2. The quantitative estimate of drug-likeness (QED) is 0.876. The number of nitrogens with one attached hydrogen (secondary N) is 1. The van der Waals surface area contributed by atoms with E-state index in [9.17, 15) is 0 Å². The van der Waals surface area contributed by atoms with E-state index in [1.54, 1.807) is 13.0 Å². The van der Waals surface area contributed by atoms with Crippen LogP contribution in [0.5, 0.6) is 17.2 Å². The van der Waals surface area contributed by atoms with Gasteiger partial charge in [0, 0.05) is 24.2 Å². The predicted octanol–water partition coefficient (Wildman–Crippen LogP) is 1.96. The molecule has 0 radical (unpaired) electrons. The average molecular weight is 260 g/mol. The van der Waals surface area contributed by atoms with Crippen molar-refractivity contribution in [2.75, 3.05) is 6.79 Å². The molecule has 2 aliphatic rings. The number of benzene rings is 1. The summed E-state index contributed by atoms with van der Waals surface area (Å²) in [4.78, 5) is 0. The van der Waals surface area contributed by atoms with Gasteiger partial charge in [-0.15, -0.1) is 0 Å². The molecule has 1 aromatic carbocycles. The van der Waals surface area contributed by atoms with E-state index in [4.69, 9.17) is 19.5 Å². The van der Waals surface area contributed by atoms with Crippen molar-refractivity contribution < 1.29 is 14.2 Å². The molecular weight excluding hydrogens is 244 g/mol. The van der Waals surface area contributed by atoms with Gasteiger partial charge in [-0.05, 0) is 25.8 Å². The molecule has 1 saturated carbocycles. The molecule has 1 N–H and O–H groups in total. The summed E-state index contributed by atoms with van der Waals surface area (Å²) in [7, 11) is 0. The van der Waals surface area contributed by atoms with E-state index >= 15 is 0 Å². The standard InChI is InChI=1S/C14H16N2O3/c1-9(6-15)19-12-5-14-13(17-8-18-14)4-10(12)7-16-11-2-3-11/h4-5,9,11,16H,2-3,7-8H2,1H3. The van der Waals surface area contributed by atoms with Crippen LogP contribution in [0, 0.1) is 11.3 Å². The molecule has 0 spiro atoms. The van der Waals surface area contributed by atoms with Gasteiger partial charge in [0.15, 0.2) is 17.6 Å². The average Bonchev–Trinajstić information content (AvgIpc) is 3.14. The van der Waals surface area contributed by atoms with Crippen LogP contribution >= 0.6 is 0 Å². The third kappa shape index (κ3) is 2.74. The summed E-state index contributed by atoms with van der Waals surface area (Å²) >= 11 is 0. The van der Waals surface area contributed by atoms with Gasteiger partial charge in [-0.1, -0.05) is 0 Å². The number of hydrogen-bond donors (Lipinski definition) is 1. The van der Waals surface area contributed by atoms with Gasteiger partial charge in [-0.25, -0.2) is 0 Å². The number of nitriles is 1. The summed E-state index contributed by atoms with van der Waals surface area (Å²) in [5.74, 6) is 2.10. The van der Waals surface area contributed by atoms with Crippen LogP contribution in [0.3, 0.4) is 0 Å². The van der Waals surface area contributed by atoms with Crippen molar-refractivity contribution in [3.63, 3.8) is 0 Å². The molecule has 0 amide bonds. The zero-order valence-corrected chi connectivity index (χ0v) is 10.8. The topological polar surface area (TPSA) is 63.5 Å². The molecule has 0 saturated heterocycles. The van der Waals surface area contributed by atoms with Gasteiger partial charge in [0.25, 0.3) is 0 Å². The molecule has 1 atom stereocenters. The van der Waals surface area contributed by atoms with Crippen LogP contribution in [-0.2, 0) is 6.54 Å². The Labute approximate surface area is 112 Å². The van der Waals surface area contributed by atoms with E-state index in [-0.39, 0.29) is 6.79 Å². The van der Waals surface area contributed by atoms with Crippen LogP contribution in [0.15, 0.2) is 12.1 Å². The summed E-state index contributed by atoms with van der Waals surface area (Å²) in [5, 5.41) is 12.3. The molecule has 3 rings (SSSR count). The maximum Gasteiger partial charge on any atom is 0.231 e. The van der Waals surface area contributed by atoms with E-state index in [1.165, 1.54) is 12.8 Å². The number of nitrogens with zero attached hydrogens (tertiary/aromatic N) is 1. The summed E-state index contributed by atoms with van der Waals surface area (Å²) in [6.07, 6.45) is 1.98. The van der Waals surface area contributed by atoms with Crippen molar-refractivity contribution in [1.82, 2.24) is 5.32 Å². The van der Waals surface area contributed by atoms with Crippen LogP contribution in [-0.4, -0.2) is 18.9 Å². The van der Waals surface area contributed by atoms with Crippen LogP contribution in [0.2, 0.25) is 0 Å². The lowest BCUT2D eigenvalue weighted by Crippen LogP contribution is -2.17. The van der Waals surface area contributed by atoms with Crippen LogP contribution in [0.1, 0.15) is 25.3 Å². The molecule has 1 heterocycles. The third-order valence-corrected chi connectivity index (χ3v) is 3.20. The first-order chi connectivity index (χ1) is 9.26. The molecular formula is C14H16N2O3. The smallest absolute Gasteiger partial charge is 0.231 e. The van der Waals surface area contributed by atoms with Gasteiger partial charge < -0.3 is 19.5 Å². The van der Waals surface area contributed by atoms with Crippen molar-refractivity contribution in [2.24, 2.45) is 0 Å². The summed E-state index contributed by atoms with van der Waals surface area (Å²) in [6.45, 7) is 2.68. The summed E-state index contributed by atoms with van der Waals surface area (Å²) in [5.41, 5.74) is 0.998. The highest BCUT2D eigenvalue weighted by Gasteiger charge is 2.23. The van der Waals surface area contributed by atoms with Crippen LogP contribution in [0.25, 0.3) is 0 Å². The van der Waals surface area contributed by atoms with Crippen molar-refractivity contribution in [3.8, 4) is 23.3 Å². The minimum Gasteiger partial charge on any atom is -0.475 e. The highest BCUT2D eigenvalue weighted by Crippen LogP contribution is 2.38. The largest absolute Gasteiger partial charge is 0.475 e. The van der Waals surface area contributed by atoms with Crippen molar-refractivity contribution in [3.05, 3.63) is 17.7 Å². The highest BCUT2D eigenvalue weighted by molar-refractivity contribution is 5.52. The normalized spacial score (nSPS) is 17.9. The first-order valence-electron chi connectivity index (χ1n) is 6.48. The Hall–Kier alpha value is -1.93. The second kappa shape index (κ2) is 4.98. The Morgan fingerprint density at radius 3 is 2.84 bits per heavy atom. The Bertz CT molecular complexity index is 520. The van der Waals surface area contributed by atoms with Crippen LogP contribution < -0.4 is 19.5 Å². The molecule has 5 heteroatoms. The molecule has 1 aliphatic carbocycles. The number of fused-ring (bicyclic) bond motifs is 1. The van der Waals surface area contributed by atoms with Crippen LogP contribution in [0.4, 0.5) is 0 Å². The molecule has 100 valence electrons. The fraction of sp³-hybridized carbons (Fsp3) is 0.500. The maximum atomic E-state index is 8.86. The fourth-order valence-electron chi connectivity index (χ4n) is 1.97. The van der Waals surface area contributed by atoms with Gasteiger partial charge in [-0.2, -0.15) is 5.26 Å². The lowest BCUT2D eigenvalue weighted by atomic mass is 10.1. The Morgan fingerprint density at radius 1 is 1.42 bits per heavy atom. The monoisotopic (exact) mass is 260 g/mol. The van der Waals surface area contributed by atoms with Gasteiger partial charge >= 0.3 is 0 Å². The molecule has 1 aliphatic heterocycles. The first kappa shape index (κ1) is 12.1. The molecule has 19 heavy (non-hydrogen) atoms. The second-order valence-electron chi connectivity index (χ2n) is 4.86. The summed E-state index contributed by atoms with van der Waals surface area (Å²) in [6, 6.07) is 6.42. The van der Waals surface area contributed by atoms with E-state index in [1.807, 2.05) is 6.07 Å². The minimum absolute atomic E-state index is 0.238. The third-order valence-electron chi connectivity index (χ3n) is 3.20. The minimum atomic E-state index is -0.486. The van der Waals surface area contributed by atoms with E-state index < -0.39 is 6.10 Å². The maximum absolute atomic E-state index is 8.86. The second-order valence-corrected chi connectivity index (χ2v) is 4.86. The lowest BCUT2D eigenvalue weighted by Gasteiger charge is -2.14. The van der Waals surface area contributed by atoms with Crippen molar-refractivity contribution in [2.45, 2.75) is 38.5 Å². The fourth-order valence-corrected chi connectivity index (χ4v) is 1.97. The number of rotatable bonds is 5. The Balaban J connectivity index is 1.82. The van der Waals surface area contributed by atoms with E-state index in [0.29, 0.717) is 17.5 Å². The van der Waals surface area contributed by atoms with Crippen molar-refractivity contribution in [1.29, 1.82) is 5.26 Å². The molecule has 1 fully saturated rings. The molecule has 5 nitrogen and oxygen atoms in total. The molecule has 0 bridgehead atoms. The highest BCUT2D eigenvalue weighted by atomic mass is 16.7. The molecule has 0 aromatic heterocycles. The zero-order valence-electron chi connectivity index (χ0n) is 10.8. The Kier molecular flexibility index (Phi) is 3.18. The van der Waals surface area contributed by atoms with Gasteiger partial charge in [-0.3, -0.25) is 0 Å². The molecule has 1 aromatic rings. The lowest BCUT2D eigenvalue weighted by molar-refractivity contribution is 0.173. The number of hydrogen-bond acceptors (Lipinski definition) is 5. The van der Waals surface area contributed by atoms with E-state index in [2.05, 4.69) is 11.4 Å². The number of ether oxygens (including phenoxy) is 3. The van der Waals surface area contributed by atoms with Gasteiger partial charge in [0.2, 0.25) is 6.79 Å². The molecule has 1 unspecified atom stereocenters. The predicted molar refractivity (Wildman–Crippen MR) is 68.1 cm³/mol. The first-order valence-corrected chi connectivity index (χ1v) is 6.48. The summed E-state index contributed by atoms with van der Waals surface area (Å²) < 4.78 is 16.4. The van der Waals surface area contributed by atoms with Gasteiger partial charge in [0.05, 0.1) is 0 Å². The van der Waals surface area contributed by atoms with E-state index in [0.717, 1.165) is 17.9 Å². The van der Waals surface area contributed by atoms with Gasteiger partial charge in [0.1, 0.15) is 11.8 Å². The SMILES string of the molecule is CC(C#N)Oc1cc2c(cc1CNC1CC1)OCO2.